The largest absolute Gasteiger partial charge is 0.478 e. The second kappa shape index (κ2) is 6.68. The number of rotatable bonds is 3. The van der Waals surface area contributed by atoms with Gasteiger partial charge in [-0.25, -0.2) is 4.79 Å². The van der Waals surface area contributed by atoms with E-state index in [1.54, 1.807) is 12.1 Å². The highest BCUT2D eigenvalue weighted by Gasteiger charge is 2.37. The number of carboxylic acid groups (broad SMARTS) is 1. The van der Waals surface area contributed by atoms with Crippen LogP contribution in [0.3, 0.4) is 0 Å². The van der Waals surface area contributed by atoms with Crippen LogP contribution >= 0.6 is 0 Å². The lowest BCUT2D eigenvalue weighted by Gasteiger charge is -2.41. The minimum atomic E-state index is -1.02. The van der Waals surface area contributed by atoms with Crippen molar-refractivity contribution >= 4 is 11.9 Å². The Morgan fingerprint density at radius 3 is 2.70 bits per heavy atom. The average molecular weight is 318 g/mol. The fourth-order valence-corrected chi connectivity index (χ4v) is 3.57. The fraction of sp³-hybridized carbons (Fsp3) is 0.529. The number of amides is 1. The molecule has 1 aromatic carbocycles. The number of carbonyl (C=O) groups excluding carboxylic acids is 1. The lowest BCUT2D eigenvalue weighted by Crippen LogP contribution is -2.56. The van der Waals surface area contributed by atoms with Gasteiger partial charge in [-0.05, 0) is 44.6 Å². The summed E-state index contributed by atoms with van der Waals surface area (Å²) >= 11 is 0. The van der Waals surface area contributed by atoms with Crippen molar-refractivity contribution in [2.75, 3.05) is 33.4 Å². The molecule has 2 heterocycles. The number of nitrogens with zero attached hydrogens (tertiary/aromatic N) is 2. The summed E-state index contributed by atoms with van der Waals surface area (Å²) in [5.41, 5.74) is 0.566. The third-order valence-corrected chi connectivity index (χ3v) is 4.80. The second-order valence-corrected chi connectivity index (χ2v) is 6.22. The van der Waals surface area contributed by atoms with E-state index in [1.807, 2.05) is 4.90 Å². The van der Waals surface area contributed by atoms with Crippen molar-refractivity contribution < 1.29 is 19.4 Å². The number of aromatic carboxylic acids is 1. The number of hydrogen-bond acceptors (Lipinski definition) is 4. The Balaban J connectivity index is 1.84. The smallest absolute Gasteiger partial charge is 0.335 e. The second-order valence-electron chi connectivity index (χ2n) is 6.22. The molecule has 0 aliphatic carbocycles. The first-order valence-corrected chi connectivity index (χ1v) is 8.00. The summed E-state index contributed by atoms with van der Waals surface area (Å²) < 4.78 is 5.61. The number of ether oxygens (including phenoxy) is 1. The van der Waals surface area contributed by atoms with E-state index in [0.29, 0.717) is 31.4 Å². The van der Waals surface area contributed by atoms with Gasteiger partial charge in [0.15, 0.2) is 0 Å². The van der Waals surface area contributed by atoms with Crippen LogP contribution in [0.4, 0.5) is 0 Å². The van der Waals surface area contributed by atoms with Crippen LogP contribution in [0.25, 0.3) is 0 Å². The van der Waals surface area contributed by atoms with E-state index in [0.717, 1.165) is 19.4 Å². The van der Waals surface area contributed by atoms with Crippen LogP contribution < -0.4 is 0 Å². The van der Waals surface area contributed by atoms with Gasteiger partial charge in [0.05, 0.1) is 24.8 Å². The molecule has 0 aromatic heterocycles. The predicted octanol–water partition coefficient (Wildman–Crippen LogP) is 1.32. The highest BCUT2D eigenvalue weighted by molar-refractivity contribution is 5.97. The summed E-state index contributed by atoms with van der Waals surface area (Å²) in [7, 11) is 2.08. The zero-order valence-corrected chi connectivity index (χ0v) is 13.3. The summed E-state index contributed by atoms with van der Waals surface area (Å²) in [4.78, 5) is 28.2. The monoisotopic (exact) mass is 318 g/mol. The highest BCUT2D eigenvalue weighted by atomic mass is 16.5. The minimum absolute atomic E-state index is 0.0252. The molecule has 124 valence electrons. The quantitative estimate of drug-likeness (QED) is 0.910. The summed E-state index contributed by atoms with van der Waals surface area (Å²) in [6.45, 7) is 2.65. The number of carboxylic acids is 1. The summed E-state index contributed by atoms with van der Waals surface area (Å²) in [5, 5.41) is 9.11. The zero-order chi connectivity index (χ0) is 16.4. The minimum Gasteiger partial charge on any atom is -0.478 e. The van der Waals surface area contributed by atoms with E-state index in [9.17, 15) is 9.59 Å². The van der Waals surface area contributed by atoms with Crippen LogP contribution in [0.5, 0.6) is 0 Å². The van der Waals surface area contributed by atoms with Gasteiger partial charge >= 0.3 is 5.97 Å². The molecule has 23 heavy (non-hydrogen) atoms. The first-order valence-electron chi connectivity index (χ1n) is 8.00. The fourth-order valence-electron chi connectivity index (χ4n) is 3.57. The lowest BCUT2D eigenvalue weighted by molar-refractivity contribution is -0.0233. The Kier molecular flexibility index (Phi) is 4.63. The van der Waals surface area contributed by atoms with Crippen LogP contribution in [0.2, 0.25) is 0 Å². The Morgan fingerprint density at radius 1 is 1.22 bits per heavy atom. The van der Waals surface area contributed by atoms with E-state index >= 15 is 0 Å². The third kappa shape index (κ3) is 3.23. The zero-order valence-electron chi connectivity index (χ0n) is 13.3. The number of likely N-dealkylation sites (N-methyl/N-ethyl adjacent to an activating group) is 1. The van der Waals surface area contributed by atoms with Crippen LogP contribution in [-0.4, -0.2) is 72.2 Å². The molecule has 2 unspecified atom stereocenters. The van der Waals surface area contributed by atoms with E-state index < -0.39 is 5.97 Å². The maximum atomic E-state index is 12.9. The molecule has 3 rings (SSSR count). The molecule has 0 radical (unpaired) electrons. The maximum Gasteiger partial charge on any atom is 0.335 e. The average Bonchev–Trinajstić information content (AvgIpc) is 3.00. The van der Waals surface area contributed by atoms with Gasteiger partial charge in [-0.1, -0.05) is 6.07 Å². The van der Waals surface area contributed by atoms with Gasteiger partial charge in [-0.15, -0.1) is 0 Å². The molecule has 0 spiro atoms. The molecular formula is C17H22N2O4. The van der Waals surface area contributed by atoms with Gasteiger partial charge in [0, 0.05) is 18.2 Å². The van der Waals surface area contributed by atoms with Crippen LogP contribution in [0, 0.1) is 0 Å². The molecule has 1 N–H and O–H groups in total. The third-order valence-electron chi connectivity index (χ3n) is 4.80. The summed E-state index contributed by atoms with van der Waals surface area (Å²) in [5.74, 6) is -1.13. The number of benzene rings is 1. The molecule has 6 nitrogen and oxygen atoms in total. The lowest BCUT2D eigenvalue weighted by atomic mass is 10.0. The van der Waals surface area contributed by atoms with Gasteiger partial charge in [-0.3, -0.25) is 4.79 Å². The molecule has 6 heteroatoms. The summed E-state index contributed by atoms with van der Waals surface area (Å²) in [6, 6.07) is 6.59. The Morgan fingerprint density at radius 2 is 2.00 bits per heavy atom. The molecule has 1 amide bonds. The summed E-state index contributed by atoms with van der Waals surface area (Å²) in [6.07, 6.45) is 2.19. The van der Waals surface area contributed by atoms with Gasteiger partial charge in [-0.2, -0.15) is 0 Å². The number of likely N-dealkylation sites (tertiary alicyclic amines) is 1. The Hall–Kier alpha value is -1.92. The predicted molar refractivity (Wildman–Crippen MR) is 84.7 cm³/mol. The standard InChI is InChI=1S/C17H22N2O4/c1-18-7-3-6-14(18)15-11-23-9-8-19(15)16(20)12-4-2-5-13(10-12)17(21)22/h2,4-5,10,14-15H,3,6-9,11H2,1H3,(H,21,22). The molecular weight excluding hydrogens is 296 g/mol. The van der Waals surface area contributed by atoms with Crippen molar-refractivity contribution in [1.82, 2.24) is 9.80 Å². The van der Waals surface area contributed by atoms with Gasteiger partial charge in [0.2, 0.25) is 0 Å². The molecule has 0 saturated carbocycles. The van der Waals surface area contributed by atoms with Crippen LogP contribution in [-0.2, 0) is 4.74 Å². The van der Waals surface area contributed by atoms with Crippen LogP contribution in [0.15, 0.2) is 24.3 Å². The van der Waals surface area contributed by atoms with Crippen LogP contribution in [0.1, 0.15) is 33.6 Å². The van der Waals surface area contributed by atoms with Gasteiger partial charge in [0.1, 0.15) is 0 Å². The molecule has 2 fully saturated rings. The molecule has 1 aromatic rings. The number of morpholine rings is 1. The van der Waals surface area contributed by atoms with E-state index in [-0.39, 0.29) is 17.5 Å². The SMILES string of the molecule is CN1CCCC1C1COCCN1C(=O)c1cccc(C(=O)O)c1. The maximum absolute atomic E-state index is 12.9. The first-order chi connectivity index (χ1) is 11.1. The molecule has 2 aliphatic heterocycles. The number of carbonyl (C=O) groups is 2. The first kappa shape index (κ1) is 16.0. The molecule has 0 bridgehead atoms. The van der Waals surface area contributed by atoms with Crippen molar-refractivity contribution in [2.24, 2.45) is 0 Å². The van der Waals surface area contributed by atoms with Crippen molar-refractivity contribution in [1.29, 1.82) is 0 Å². The van der Waals surface area contributed by atoms with Crippen molar-refractivity contribution in [3.63, 3.8) is 0 Å². The van der Waals surface area contributed by atoms with Crippen molar-refractivity contribution in [2.45, 2.75) is 24.9 Å². The van der Waals surface area contributed by atoms with E-state index in [2.05, 4.69) is 11.9 Å². The highest BCUT2D eigenvalue weighted by Crippen LogP contribution is 2.25. The molecule has 2 atom stereocenters. The Bertz CT molecular complexity index is 604. The normalized spacial score (nSPS) is 25.5. The Labute approximate surface area is 135 Å². The van der Waals surface area contributed by atoms with Gasteiger partial charge in [0.25, 0.3) is 5.91 Å². The van der Waals surface area contributed by atoms with E-state index in [1.165, 1.54) is 12.1 Å². The van der Waals surface area contributed by atoms with E-state index in [4.69, 9.17) is 9.84 Å². The number of hydrogen-bond donors (Lipinski definition) is 1. The van der Waals surface area contributed by atoms with Gasteiger partial charge < -0.3 is 19.6 Å². The van der Waals surface area contributed by atoms with Crippen molar-refractivity contribution in [3.8, 4) is 0 Å². The molecule has 2 aliphatic rings. The molecule has 2 saturated heterocycles. The van der Waals surface area contributed by atoms with Crippen molar-refractivity contribution in [3.05, 3.63) is 35.4 Å². The topological polar surface area (TPSA) is 70.1 Å².